The monoisotopic (exact) mass is 380 g/mol. The number of hydrogen-bond donors (Lipinski definition) is 1. The molecule has 3 nitrogen and oxygen atoms in total. The summed E-state index contributed by atoms with van der Waals surface area (Å²) in [7, 11) is 0. The molecule has 0 fully saturated rings. The largest absolute Gasteiger partial charge is 0.321 e. The van der Waals surface area contributed by atoms with Crippen LogP contribution in [0.15, 0.2) is 64.7 Å². The van der Waals surface area contributed by atoms with E-state index in [1.165, 1.54) is 6.08 Å². The van der Waals surface area contributed by atoms with Gasteiger partial charge in [-0.1, -0.05) is 64.5 Å². The van der Waals surface area contributed by atoms with Crippen LogP contribution in [0.4, 0.5) is 5.69 Å². The first-order valence-corrected chi connectivity index (χ1v) is 8.22. The maximum atomic E-state index is 12.4. The standard InChI is InChI=1S/C20H17BrN2O/c1-14-7-6-8-15(2)19(14)23-20(24)17(13-22)12-18(21)11-16-9-4-3-5-10-16/h3-12H,1-2H3,(H,23,24)/b17-12+,18-11-. The highest BCUT2D eigenvalue weighted by molar-refractivity contribution is 9.12. The van der Waals surface area contributed by atoms with Gasteiger partial charge in [0.2, 0.25) is 0 Å². The van der Waals surface area contributed by atoms with Gasteiger partial charge in [0.15, 0.2) is 0 Å². The summed E-state index contributed by atoms with van der Waals surface area (Å²) in [6, 6.07) is 17.4. The van der Waals surface area contributed by atoms with Gasteiger partial charge in [-0.3, -0.25) is 4.79 Å². The second-order valence-electron chi connectivity index (χ2n) is 5.33. The van der Waals surface area contributed by atoms with E-state index in [9.17, 15) is 10.1 Å². The number of aryl methyl sites for hydroxylation is 2. The quantitative estimate of drug-likeness (QED) is 0.454. The SMILES string of the molecule is Cc1cccc(C)c1NC(=O)/C(C#N)=C/C(Br)=C/c1ccccc1. The second kappa shape index (κ2) is 8.28. The van der Waals surface area contributed by atoms with Crippen LogP contribution in [-0.2, 0) is 4.79 Å². The molecule has 0 saturated carbocycles. The van der Waals surface area contributed by atoms with Crippen LogP contribution in [0.25, 0.3) is 6.08 Å². The van der Waals surface area contributed by atoms with Crippen LogP contribution in [-0.4, -0.2) is 5.91 Å². The Hall–Kier alpha value is -2.64. The van der Waals surface area contributed by atoms with E-state index >= 15 is 0 Å². The first-order valence-electron chi connectivity index (χ1n) is 7.43. The molecule has 2 rings (SSSR count). The summed E-state index contributed by atoms with van der Waals surface area (Å²) in [6.07, 6.45) is 3.37. The molecule has 2 aromatic carbocycles. The Morgan fingerprint density at radius 3 is 2.29 bits per heavy atom. The zero-order chi connectivity index (χ0) is 17.5. The number of carbonyl (C=O) groups is 1. The summed E-state index contributed by atoms with van der Waals surface area (Å²) in [5, 5.41) is 12.1. The molecule has 0 heterocycles. The molecule has 0 aromatic heterocycles. The average molecular weight is 381 g/mol. The maximum absolute atomic E-state index is 12.4. The van der Waals surface area contributed by atoms with E-state index in [4.69, 9.17) is 0 Å². The summed E-state index contributed by atoms with van der Waals surface area (Å²) in [6.45, 7) is 3.84. The summed E-state index contributed by atoms with van der Waals surface area (Å²) in [4.78, 5) is 12.4. The van der Waals surface area contributed by atoms with Crippen LogP contribution in [0, 0.1) is 25.2 Å². The van der Waals surface area contributed by atoms with Gasteiger partial charge in [0.1, 0.15) is 11.6 Å². The molecule has 0 atom stereocenters. The minimum absolute atomic E-state index is 0.0386. The van der Waals surface area contributed by atoms with Gasteiger partial charge >= 0.3 is 0 Å². The van der Waals surface area contributed by atoms with E-state index in [0.717, 1.165) is 22.4 Å². The van der Waals surface area contributed by atoms with Gasteiger partial charge in [-0.15, -0.1) is 0 Å². The maximum Gasteiger partial charge on any atom is 0.266 e. The van der Waals surface area contributed by atoms with Gasteiger partial charge in [0.25, 0.3) is 5.91 Å². The highest BCUT2D eigenvalue weighted by Gasteiger charge is 2.12. The number of nitrogens with zero attached hydrogens (tertiary/aromatic N) is 1. The normalized spacial score (nSPS) is 11.8. The number of nitriles is 1. The third kappa shape index (κ3) is 4.68. The number of halogens is 1. The van der Waals surface area contributed by atoms with E-state index in [1.54, 1.807) is 0 Å². The first kappa shape index (κ1) is 17.7. The van der Waals surface area contributed by atoms with Crippen LogP contribution < -0.4 is 5.32 Å². The van der Waals surface area contributed by atoms with Crippen molar-refractivity contribution in [3.8, 4) is 6.07 Å². The molecule has 0 bridgehead atoms. The highest BCUT2D eigenvalue weighted by atomic mass is 79.9. The van der Waals surface area contributed by atoms with Crippen molar-refractivity contribution < 1.29 is 4.79 Å². The van der Waals surface area contributed by atoms with Crippen LogP contribution >= 0.6 is 15.9 Å². The van der Waals surface area contributed by atoms with Crippen molar-refractivity contribution in [3.05, 3.63) is 81.4 Å². The van der Waals surface area contributed by atoms with Gasteiger partial charge in [0.05, 0.1) is 0 Å². The number of amides is 1. The molecule has 1 N–H and O–H groups in total. The predicted octanol–water partition coefficient (Wildman–Crippen LogP) is 5.13. The van der Waals surface area contributed by atoms with Crippen molar-refractivity contribution in [1.82, 2.24) is 0 Å². The van der Waals surface area contributed by atoms with Gasteiger partial charge in [-0.2, -0.15) is 5.26 Å². The topological polar surface area (TPSA) is 52.9 Å². The lowest BCUT2D eigenvalue weighted by Crippen LogP contribution is -2.15. The summed E-state index contributed by atoms with van der Waals surface area (Å²) < 4.78 is 0.655. The molecular formula is C20H17BrN2O. The lowest BCUT2D eigenvalue weighted by molar-refractivity contribution is -0.112. The van der Waals surface area contributed by atoms with Gasteiger partial charge in [-0.25, -0.2) is 0 Å². The van der Waals surface area contributed by atoms with Crippen molar-refractivity contribution in [2.45, 2.75) is 13.8 Å². The van der Waals surface area contributed by atoms with E-state index in [1.807, 2.05) is 74.5 Å². The summed E-state index contributed by atoms with van der Waals surface area (Å²) in [5.74, 6) is -0.423. The molecule has 120 valence electrons. The van der Waals surface area contributed by atoms with E-state index in [2.05, 4.69) is 21.2 Å². The van der Waals surface area contributed by atoms with Crippen molar-refractivity contribution in [2.75, 3.05) is 5.32 Å². The number of rotatable bonds is 4. The highest BCUT2D eigenvalue weighted by Crippen LogP contribution is 2.21. The third-order valence-corrected chi connectivity index (χ3v) is 3.93. The number of allylic oxidation sites excluding steroid dienone is 2. The zero-order valence-electron chi connectivity index (χ0n) is 13.5. The molecule has 0 saturated heterocycles. The number of hydrogen-bond acceptors (Lipinski definition) is 2. The number of carbonyl (C=O) groups excluding carboxylic acids is 1. The minimum Gasteiger partial charge on any atom is -0.321 e. The molecule has 24 heavy (non-hydrogen) atoms. The van der Waals surface area contributed by atoms with E-state index in [-0.39, 0.29) is 5.57 Å². The molecule has 0 unspecified atom stereocenters. The van der Waals surface area contributed by atoms with Crippen molar-refractivity contribution >= 4 is 33.6 Å². The molecule has 0 radical (unpaired) electrons. The Labute approximate surface area is 150 Å². The Morgan fingerprint density at radius 2 is 1.71 bits per heavy atom. The Morgan fingerprint density at radius 1 is 1.08 bits per heavy atom. The number of nitrogens with one attached hydrogen (secondary N) is 1. The summed E-state index contributed by atoms with van der Waals surface area (Å²) >= 11 is 3.39. The Balaban J connectivity index is 2.23. The second-order valence-corrected chi connectivity index (χ2v) is 6.25. The molecule has 0 aliphatic carbocycles. The molecule has 1 amide bonds. The van der Waals surface area contributed by atoms with Crippen molar-refractivity contribution in [3.63, 3.8) is 0 Å². The van der Waals surface area contributed by atoms with Crippen molar-refractivity contribution in [2.24, 2.45) is 0 Å². The summed E-state index contributed by atoms with van der Waals surface area (Å²) in [5.41, 5.74) is 3.68. The molecule has 2 aromatic rings. The molecular weight excluding hydrogens is 364 g/mol. The molecule has 4 heteroatoms. The Kier molecular flexibility index (Phi) is 6.11. The molecule has 0 aliphatic heterocycles. The number of anilines is 1. The van der Waals surface area contributed by atoms with Gasteiger partial charge < -0.3 is 5.32 Å². The van der Waals surface area contributed by atoms with Crippen molar-refractivity contribution in [1.29, 1.82) is 5.26 Å². The van der Waals surface area contributed by atoms with Crippen LogP contribution in [0.3, 0.4) is 0 Å². The minimum atomic E-state index is -0.423. The lowest BCUT2D eigenvalue weighted by Gasteiger charge is -2.10. The van der Waals surface area contributed by atoms with E-state index in [0.29, 0.717) is 4.48 Å². The number of benzene rings is 2. The fourth-order valence-corrected chi connectivity index (χ4v) is 2.72. The zero-order valence-corrected chi connectivity index (χ0v) is 15.1. The smallest absolute Gasteiger partial charge is 0.266 e. The van der Waals surface area contributed by atoms with Crippen LogP contribution in [0.2, 0.25) is 0 Å². The third-order valence-electron chi connectivity index (χ3n) is 3.47. The van der Waals surface area contributed by atoms with E-state index < -0.39 is 5.91 Å². The fourth-order valence-electron chi connectivity index (χ4n) is 2.23. The van der Waals surface area contributed by atoms with Crippen LogP contribution in [0.5, 0.6) is 0 Å². The first-order chi connectivity index (χ1) is 11.5. The van der Waals surface area contributed by atoms with Crippen LogP contribution in [0.1, 0.15) is 16.7 Å². The van der Waals surface area contributed by atoms with Gasteiger partial charge in [0, 0.05) is 10.2 Å². The molecule has 0 aliphatic rings. The Bertz CT molecular complexity index is 825. The predicted molar refractivity (Wildman–Crippen MR) is 102 cm³/mol. The molecule has 0 spiro atoms. The fraction of sp³-hybridized carbons (Fsp3) is 0.100. The van der Waals surface area contributed by atoms with Gasteiger partial charge in [-0.05, 0) is 42.7 Å². The lowest BCUT2D eigenvalue weighted by atomic mass is 10.1. The number of para-hydroxylation sites is 1. The average Bonchev–Trinajstić information content (AvgIpc) is 2.57.